The number of amides is 8. The van der Waals surface area contributed by atoms with Gasteiger partial charge in [-0.25, -0.2) is 4.79 Å². The standard InChI is InChI=1S/C41H71N9O11/c1-22(2)15-26(42)35(54)45-27(16-23(3)4)36(55)43-19-33(52)49-13-9-11-31(49)39(58)46-28(17-24(5)6)37(56)44-20-34(53)50-14-10-12-32(50)40(59)47-29(18-25(7)8)38(57)48-30(21-51)41(60)61/h22-32,51H,9-21,42H2,1-8H3,(H,43,55)(H,44,56)(H,45,54)(H,46,58)(H,47,59)(H,48,57)(H,60,61)/t26-,27-,28-,29-,30-,31-,32-/m0/s1. The third-order valence-electron chi connectivity index (χ3n) is 10.5. The molecule has 2 heterocycles. The lowest BCUT2D eigenvalue weighted by Crippen LogP contribution is -2.57. The summed E-state index contributed by atoms with van der Waals surface area (Å²) in [7, 11) is 0. The maximum atomic E-state index is 13.6. The van der Waals surface area contributed by atoms with Gasteiger partial charge in [-0.1, -0.05) is 55.4 Å². The van der Waals surface area contributed by atoms with Crippen molar-refractivity contribution in [2.75, 3.05) is 32.8 Å². The highest BCUT2D eigenvalue weighted by Crippen LogP contribution is 2.20. The predicted molar refractivity (Wildman–Crippen MR) is 224 cm³/mol. The van der Waals surface area contributed by atoms with E-state index in [0.717, 1.165) is 0 Å². The highest BCUT2D eigenvalue weighted by molar-refractivity contribution is 5.97. The highest BCUT2D eigenvalue weighted by Gasteiger charge is 2.39. The van der Waals surface area contributed by atoms with E-state index in [0.29, 0.717) is 32.1 Å². The lowest BCUT2D eigenvalue weighted by Gasteiger charge is -2.28. The molecule has 0 aromatic carbocycles. The van der Waals surface area contributed by atoms with Gasteiger partial charge in [-0.05, 0) is 75.0 Å². The van der Waals surface area contributed by atoms with E-state index in [-0.39, 0.29) is 56.0 Å². The van der Waals surface area contributed by atoms with Crippen molar-refractivity contribution >= 4 is 53.2 Å². The van der Waals surface area contributed by atoms with Gasteiger partial charge >= 0.3 is 5.97 Å². The second-order valence-electron chi connectivity index (χ2n) is 17.8. The average molecular weight is 866 g/mol. The number of nitrogens with two attached hydrogens (primary N) is 1. The lowest BCUT2D eigenvalue weighted by molar-refractivity contribution is -0.144. The summed E-state index contributed by atoms with van der Waals surface area (Å²) < 4.78 is 0. The van der Waals surface area contributed by atoms with Crippen LogP contribution in [0.2, 0.25) is 0 Å². The summed E-state index contributed by atoms with van der Waals surface area (Å²) in [5.74, 6) is -6.09. The molecule has 346 valence electrons. The first-order chi connectivity index (χ1) is 28.5. The van der Waals surface area contributed by atoms with Gasteiger partial charge in [0.1, 0.15) is 36.3 Å². The van der Waals surface area contributed by atoms with Gasteiger partial charge in [-0.3, -0.25) is 38.4 Å². The molecule has 0 unspecified atom stereocenters. The van der Waals surface area contributed by atoms with Gasteiger partial charge in [0.2, 0.25) is 47.3 Å². The van der Waals surface area contributed by atoms with Gasteiger partial charge in [-0.15, -0.1) is 0 Å². The van der Waals surface area contributed by atoms with Crippen LogP contribution < -0.4 is 37.6 Å². The van der Waals surface area contributed by atoms with Crippen molar-refractivity contribution in [1.82, 2.24) is 41.7 Å². The zero-order valence-electron chi connectivity index (χ0n) is 37.1. The van der Waals surface area contributed by atoms with Crippen LogP contribution in [0.5, 0.6) is 0 Å². The first kappa shape index (κ1) is 52.3. The third-order valence-corrected chi connectivity index (χ3v) is 10.5. The molecular weight excluding hydrogens is 795 g/mol. The Morgan fingerprint density at radius 1 is 0.541 bits per heavy atom. The van der Waals surface area contributed by atoms with E-state index in [2.05, 4.69) is 31.9 Å². The van der Waals surface area contributed by atoms with Crippen LogP contribution in [-0.2, 0) is 43.2 Å². The zero-order valence-corrected chi connectivity index (χ0v) is 37.1. The van der Waals surface area contributed by atoms with Crippen LogP contribution >= 0.6 is 0 Å². The van der Waals surface area contributed by atoms with E-state index in [1.54, 1.807) is 0 Å². The van der Waals surface area contributed by atoms with E-state index in [1.807, 2.05) is 55.4 Å². The molecular formula is C41H71N9O11. The molecule has 0 saturated carbocycles. The molecule has 2 fully saturated rings. The number of aliphatic carboxylic acids is 1. The summed E-state index contributed by atoms with van der Waals surface area (Å²) in [6, 6.07) is -7.36. The molecule has 0 aromatic heterocycles. The Bertz CT molecular complexity index is 1560. The van der Waals surface area contributed by atoms with Crippen molar-refractivity contribution < 1.29 is 53.4 Å². The fourth-order valence-corrected chi connectivity index (χ4v) is 7.45. The molecule has 20 nitrogen and oxygen atoms in total. The number of hydrogen-bond donors (Lipinski definition) is 9. The number of nitrogens with zero attached hydrogens (tertiary/aromatic N) is 2. The van der Waals surface area contributed by atoms with Crippen LogP contribution in [-0.4, -0.2) is 148 Å². The van der Waals surface area contributed by atoms with Gasteiger partial charge in [0.05, 0.1) is 25.7 Å². The molecule has 0 spiro atoms. The summed E-state index contributed by atoms with van der Waals surface area (Å²) in [5.41, 5.74) is 6.02. The molecule has 0 aromatic rings. The number of nitrogens with one attached hydrogen (secondary N) is 6. The Morgan fingerprint density at radius 2 is 0.902 bits per heavy atom. The highest BCUT2D eigenvalue weighted by atomic mass is 16.4. The summed E-state index contributed by atoms with van der Waals surface area (Å²) in [4.78, 5) is 120. The van der Waals surface area contributed by atoms with Crippen LogP contribution in [0.3, 0.4) is 0 Å². The fourth-order valence-electron chi connectivity index (χ4n) is 7.45. The number of carbonyl (C=O) groups is 9. The molecule has 0 bridgehead atoms. The fraction of sp³-hybridized carbons (Fsp3) is 0.780. The van der Waals surface area contributed by atoms with Gasteiger partial charge < -0.3 is 57.6 Å². The summed E-state index contributed by atoms with van der Waals surface area (Å²) >= 11 is 0. The molecule has 8 amide bonds. The molecule has 61 heavy (non-hydrogen) atoms. The van der Waals surface area contributed by atoms with E-state index < -0.39 is 115 Å². The summed E-state index contributed by atoms with van der Waals surface area (Å²) in [6.07, 6.45) is 2.70. The molecule has 2 aliphatic heterocycles. The lowest BCUT2D eigenvalue weighted by atomic mass is 10.0. The van der Waals surface area contributed by atoms with Crippen LogP contribution in [0.25, 0.3) is 0 Å². The van der Waals surface area contributed by atoms with Gasteiger partial charge in [0.15, 0.2) is 0 Å². The van der Waals surface area contributed by atoms with Gasteiger partial charge in [0, 0.05) is 13.1 Å². The van der Waals surface area contributed by atoms with Crippen LogP contribution in [0.4, 0.5) is 0 Å². The number of likely N-dealkylation sites (tertiary alicyclic amines) is 2. The number of carboxylic acid groups (broad SMARTS) is 1. The Morgan fingerprint density at radius 3 is 1.26 bits per heavy atom. The van der Waals surface area contributed by atoms with Crippen molar-refractivity contribution in [3.63, 3.8) is 0 Å². The Kier molecular flexibility index (Phi) is 21.6. The van der Waals surface area contributed by atoms with E-state index in [9.17, 15) is 53.4 Å². The number of rotatable bonds is 24. The second-order valence-corrected chi connectivity index (χ2v) is 17.8. The number of carbonyl (C=O) groups excluding carboxylic acids is 8. The zero-order chi connectivity index (χ0) is 46.1. The minimum absolute atomic E-state index is 0.0442. The van der Waals surface area contributed by atoms with Gasteiger partial charge in [0.25, 0.3) is 0 Å². The van der Waals surface area contributed by atoms with Gasteiger partial charge in [-0.2, -0.15) is 0 Å². The molecule has 2 saturated heterocycles. The predicted octanol–water partition coefficient (Wildman–Crippen LogP) is -1.27. The Balaban J connectivity index is 2.05. The molecule has 20 heteroatoms. The molecule has 0 aliphatic carbocycles. The molecule has 0 radical (unpaired) electrons. The molecule has 2 aliphatic rings. The quantitative estimate of drug-likeness (QED) is 0.0549. The largest absolute Gasteiger partial charge is 0.480 e. The van der Waals surface area contributed by atoms with Crippen LogP contribution in [0.1, 0.15) is 107 Å². The third kappa shape index (κ3) is 17.2. The molecule has 7 atom stereocenters. The Labute approximate surface area is 359 Å². The summed E-state index contributed by atoms with van der Waals surface area (Å²) in [5, 5.41) is 34.1. The minimum atomic E-state index is -1.56. The smallest absolute Gasteiger partial charge is 0.328 e. The average Bonchev–Trinajstić information content (AvgIpc) is 3.87. The minimum Gasteiger partial charge on any atom is -0.480 e. The van der Waals surface area contributed by atoms with Crippen LogP contribution in [0, 0.1) is 23.7 Å². The van der Waals surface area contributed by atoms with Crippen molar-refractivity contribution in [2.24, 2.45) is 29.4 Å². The number of carboxylic acids is 1. The van der Waals surface area contributed by atoms with Crippen LogP contribution in [0.15, 0.2) is 0 Å². The number of aliphatic hydroxyl groups is 1. The maximum absolute atomic E-state index is 13.6. The first-order valence-electron chi connectivity index (χ1n) is 21.5. The van der Waals surface area contributed by atoms with Crippen molar-refractivity contribution in [1.29, 1.82) is 0 Å². The Hall–Kier alpha value is -4.85. The van der Waals surface area contributed by atoms with E-state index in [1.165, 1.54) is 9.80 Å². The SMILES string of the molecule is CC(C)C[C@H](NC(=O)[C@@H](N)CC(C)C)C(=O)NCC(=O)N1CCC[C@H]1C(=O)N[C@@H](CC(C)C)C(=O)NCC(=O)N1CCC[C@H]1C(=O)N[C@@H](CC(C)C)C(=O)N[C@@H](CO)C(=O)O. The molecule has 10 N–H and O–H groups in total. The maximum Gasteiger partial charge on any atom is 0.328 e. The second kappa shape index (κ2) is 25.2. The summed E-state index contributed by atoms with van der Waals surface area (Å²) in [6.45, 7) is 13.7. The first-order valence-corrected chi connectivity index (χ1v) is 21.5. The van der Waals surface area contributed by atoms with E-state index >= 15 is 0 Å². The number of hydrogen-bond acceptors (Lipinski definition) is 11. The van der Waals surface area contributed by atoms with Crippen molar-refractivity contribution in [3.05, 3.63) is 0 Å². The molecule has 2 rings (SSSR count). The monoisotopic (exact) mass is 866 g/mol. The topological polar surface area (TPSA) is 299 Å². The number of aliphatic hydroxyl groups excluding tert-OH is 1. The normalized spacial score (nSPS) is 18.9. The van der Waals surface area contributed by atoms with Crippen molar-refractivity contribution in [2.45, 2.75) is 149 Å². The van der Waals surface area contributed by atoms with E-state index in [4.69, 9.17) is 5.73 Å². The van der Waals surface area contributed by atoms with Crippen molar-refractivity contribution in [3.8, 4) is 0 Å².